The number of carbonyl (C=O) groups is 1. The van der Waals surface area contributed by atoms with E-state index in [1.807, 2.05) is 18.7 Å². The van der Waals surface area contributed by atoms with Crippen LogP contribution in [0.2, 0.25) is 0 Å². The molecule has 2 saturated heterocycles. The van der Waals surface area contributed by atoms with Crippen LogP contribution in [0.25, 0.3) is 0 Å². The van der Waals surface area contributed by atoms with Gasteiger partial charge in [-0.3, -0.25) is 4.79 Å². The predicted octanol–water partition coefficient (Wildman–Crippen LogP) is 4.69. The fourth-order valence-corrected chi connectivity index (χ4v) is 6.66. The molecule has 3 fully saturated rings. The van der Waals surface area contributed by atoms with Crippen LogP contribution in [0.4, 0.5) is 0 Å². The topological polar surface area (TPSA) is 32.8 Å². The lowest BCUT2D eigenvalue weighted by Crippen LogP contribution is -2.48. The Morgan fingerprint density at radius 1 is 1.10 bits per heavy atom. The van der Waals surface area contributed by atoms with E-state index in [2.05, 4.69) is 29.2 Å². The van der Waals surface area contributed by atoms with Crippen molar-refractivity contribution in [2.45, 2.75) is 62.4 Å². The molecule has 1 spiro atoms. The molecule has 2 aliphatic carbocycles. The van der Waals surface area contributed by atoms with Crippen molar-refractivity contribution in [2.24, 2.45) is 11.3 Å². The molecular weight excluding hydrogens is 407 g/mol. The second-order valence-electron chi connectivity index (χ2n) is 9.17. The number of hydrogen-bond acceptors (Lipinski definition) is 3. The molecule has 1 amide bonds. The van der Waals surface area contributed by atoms with Gasteiger partial charge in [0.05, 0.1) is 6.10 Å². The highest BCUT2D eigenvalue weighted by Crippen LogP contribution is 2.76. The number of halogens is 2. The molecule has 0 radical (unpaired) electrons. The average Bonchev–Trinajstić information content (AvgIpc) is 3.26. The van der Waals surface area contributed by atoms with Crippen LogP contribution < -0.4 is 0 Å². The summed E-state index contributed by atoms with van der Waals surface area (Å²) in [6.07, 6.45) is 14.8. The van der Waals surface area contributed by atoms with Crippen molar-refractivity contribution in [1.29, 1.82) is 0 Å². The van der Waals surface area contributed by atoms with Gasteiger partial charge in [-0.25, -0.2) is 0 Å². The lowest BCUT2D eigenvalue weighted by Gasteiger charge is -2.41. The highest BCUT2D eigenvalue weighted by Gasteiger charge is 2.76. The minimum Gasteiger partial charge on any atom is -0.491 e. The van der Waals surface area contributed by atoms with E-state index in [-0.39, 0.29) is 17.4 Å². The molecule has 29 heavy (non-hydrogen) atoms. The maximum atomic E-state index is 11.0. The van der Waals surface area contributed by atoms with E-state index in [0.717, 1.165) is 70.5 Å². The molecule has 1 saturated carbocycles. The lowest BCUT2D eigenvalue weighted by atomic mass is 9.87. The fraction of sp³-hybridized carbons (Fsp3) is 0.696. The molecule has 4 nitrogen and oxygen atoms in total. The third kappa shape index (κ3) is 4.00. The SMILES string of the molecule is CC(C)OC1=CCC=C(C2C(Cl)(Cl)C23CCN(C2CCN(C=O)CC2)CC3)C=C1. The Bertz CT molecular complexity index is 712. The smallest absolute Gasteiger partial charge is 0.209 e. The minimum absolute atomic E-state index is 0.0182. The number of amides is 1. The third-order valence-corrected chi connectivity index (χ3v) is 8.36. The Balaban J connectivity index is 1.38. The second kappa shape index (κ2) is 8.28. The number of carbonyl (C=O) groups excluding carboxylic acids is 1. The van der Waals surface area contributed by atoms with Gasteiger partial charge in [-0.1, -0.05) is 12.2 Å². The van der Waals surface area contributed by atoms with Crippen LogP contribution in [0.15, 0.2) is 35.6 Å². The van der Waals surface area contributed by atoms with Gasteiger partial charge in [-0.2, -0.15) is 0 Å². The van der Waals surface area contributed by atoms with Crippen LogP contribution in [0, 0.1) is 11.3 Å². The first kappa shape index (κ1) is 21.3. The molecule has 160 valence electrons. The number of hydrogen-bond donors (Lipinski definition) is 0. The molecule has 0 aromatic rings. The van der Waals surface area contributed by atoms with E-state index in [4.69, 9.17) is 27.9 Å². The third-order valence-electron chi connectivity index (χ3n) is 7.17. The maximum Gasteiger partial charge on any atom is 0.209 e. The normalized spacial score (nSPS) is 29.4. The van der Waals surface area contributed by atoms with Crippen LogP contribution in [-0.2, 0) is 9.53 Å². The van der Waals surface area contributed by atoms with E-state index in [9.17, 15) is 4.79 Å². The van der Waals surface area contributed by atoms with Crippen LogP contribution in [0.1, 0.15) is 46.0 Å². The first-order chi connectivity index (χ1) is 13.9. The van der Waals surface area contributed by atoms with Crippen LogP contribution in [0.5, 0.6) is 0 Å². The van der Waals surface area contributed by atoms with Gasteiger partial charge < -0.3 is 14.5 Å². The zero-order chi connectivity index (χ0) is 20.6. The van der Waals surface area contributed by atoms with Crippen molar-refractivity contribution in [1.82, 2.24) is 9.80 Å². The summed E-state index contributed by atoms with van der Waals surface area (Å²) < 4.78 is 5.17. The molecule has 2 aliphatic heterocycles. The van der Waals surface area contributed by atoms with Crippen molar-refractivity contribution in [3.63, 3.8) is 0 Å². The molecule has 0 aromatic heterocycles. The van der Waals surface area contributed by atoms with Crippen LogP contribution >= 0.6 is 23.2 Å². The van der Waals surface area contributed by atoms with Crippen molar-refractivity contribution >= 4 is 29.6 Å². The van der Waals surface area contributed by atoms with E-state index in [1.54, 1.807) is 0 Å². The van der Waals surface area contributed by atoms with Crippen LogP contribution in [-0.4, -0.2) is 58.9 Å². The van der Waals surface area contributed by atoms with Crippen molar-refractivity contribution in [3.05, 3.63) is 35.6 Å². The highest BCUT2D eigenvalue weighted by atomic mass is 35.5. The maximum absolute atomic E-state index is 11.0. The highest BCUT2D eigenvalue weighted by molar-refractivity contribution is 6.52. The molecule has 4 rings (SSSR count). The number of likely N-dealkylation sites (tertiary alicyclic amines) is 2. The van der Waals surface area contributed by atoms with Gasteiger partial charge in [0.25, 0.3) is 0 Å². The molecule has 0 bridgehead atoms. The monoisotopic (exact) mass is 438 g/mol. The molecule has 6 heteroatoms. The molecule has 4 aliphatic rings. The van der Waals surface area contributed by atoms with Crippen molar-refractivity contribution in [3.8, 4) is 0 Å². The van der Waals surface area contributed by atoms with E-state index in [1.165, 1.54) is 5.57 Å². The summed E-state index contributed by atoms with van der Waals surface area (Å²) in [5, 5.41) is 0. The number of rotatable bonds is 5. The summed E-state index contributed by atoms with van der Waals surface area (Å²) in [7, 11) is 0. The molecule has 1 atom stereocenters. The van der Waals surface area contributed by atoms with Crippen LogP contribution in [0.3, 0.4) is 0 Å². The number of allylic oxidation sites excluding steroid dienone is 5. The first-order valence-electron chi connectivity index (χ1n) is 10.9. The Morgan fingerprint density at radius 3 is 2.41 bits per heavy atom. The number of ether oxygens (including phenoxy) is 1. The summed E-state index contributed by atoms with van der Waals surface area (Å²) in [5.74, 6) is 1.12. The molecule has 2 heterocycles. The molecular formula is C23H32Cl2N2O2. The van der Waals surface area contributed by atoms with Gasteiger partial charge >= 0.3 is 0 Å². The number of nitrogens with zero attached hydrogens (tertiary/aromatic N) is 2. The van der Waals surface area contributed by atoms with Crippen molar-refractivity contribution < 1.29 is 9.53 Å². The molecule has 1 unspecified atom stereocenters. The Kier molecular flexibility index (Phi) is 6.07. The van der Waals surface area contributed by atoms with Gasteiger partial charge in [0.15, 0.2) is 0 Å². The van der Waals surface area contributed by atoms with Gasteiger partial charge in [0.2, 0.25) is 6.41 Å². The average molecular weight is 439 g/mol. The van der Waals surface area contributed by atoms with Gasteiger partial charge in [-0.05, 0) is 76.8 Å². The van der Waals surface area contributed by atoms with Crippen molar-refractivity contribution in [2.75, 3.05) is 26.2 Å². The zero-order valence-electron chi connectivity index (χ0n) is 17.4. The zero-order valence-corrected chi connectivity index (χ0v) is 19.0. The first-order valence-corrected chi connectivity index (χ1v) is 11.7. The fourth-order valence-electron chi connectivity index (χ4n) is 5.50. The summed E-state index contributed by atoms with van der Waals surface area (Å²) in [4.78, 5) is 15.4. The van der Waals surface area contributed by atoms with Gasteiger partial charge in [-0.15, -0.1) is 23.2 Å². The van der Waals surface area contributed by atoms with E-state index >= 15 is 0 Å². The number of alkyl halides is 2. The van der Waals surface area contributed by atoms with Gasteiger partial charge in [0.1, 0.15) is 10.1 Å². The van der Waals surface area contributed by atoms with E-state index < -0.39 is 4.33 Å². The summed E-state index contributed by atoms with van der Waals surface area (Å²) in [6, 6.07) is 0.581. The second-order valence-corrected chi connectivity index (χ2v) is 10.6. The molecule has 0 aromatic carbocycles. The quantitative estimate of drug-likeness (QED) is 0.460. The summed E-state index contributed by atoms with van der Waals surface area (Å²) in [6.45, 7) is 7.92. The minimum atomic E-state index is -0.681. The summed E-state index contributed by atoms with van der Waals surface area (Å²) in [5.41, 5.74) is 1.23. The Labute approximate surface area is 184 Å². The van der Waals surface area contributed by atoms with E-state index in [0.29, 0.717) is 6.04 Å². The standard InChI is InChI=1S/C23H32Cl2N2O2/c1-17(2)29-20-5-3-4-18(6-7-20)21-22(23(21,24)25)10-14-27(15-11-22)19-8-12-26(16-28)13-9-19/h4-7,16-17,19,21H,3,8-15H2,1-2H3. The predicted molar refractivity (Wildman–Crippen MR) is 118 cm³/mol. The Hall–Kier alpha value is -0.970. The Morgan fingerprint density at radius 2 is 1.79 bits per heavy atom. The summed E-state index contributed by atoms with van der Waals surface area (Å²) >= 11 is 13.8. The largest absolute Gasteiger partial charge is 0.491 e. The lowest BCUT2D eigenvalue weighted by molar-refractivity contribution is -0.119. The van der Waals surface area contributed by atoms with Gasteiger partial charge in [0, 0.05) is 30.5 Å². The number of piperidine rings is 2. The molecule has 0 N–H and O–H groups in total.